The van der Waals surface area contributed by atoms with Gasteiger partial charge in [0.05, 0.1) is 81.7 Å². The number of aromatic nitrogens is 6. The molecule has 4 aromatic heterocycles. The summed E-state index contributed by atoms with van der Waals surface area (Å²) in [5, 5.41) is 20.6. The highest BCUT2D eigenvalue weighted by Crippen LogP contribution is 2.37. The smallest absolute Gasteiger partial charge is 0.419 e. The van der Waals surface area contributed by atoms with E-state index in [9.17, 15) is 20.1 Å². The van der Waals surface area contributed by atoms with Gasteiger partial charge in [0.15, 0.2) is 11.6 Å². The quantitative estimate of drug-likeness (QED) is 0.0503. The van der Waals surface area contributed by atoms with Gasteiger partial charge in [0.1, 0.15) is 47.6 Å². The molecule has 18 nitrogen and oxygen atoms in total. The highest BCUT2D eigenvalue weighted by Gasteiger charge is 2.30. The van der Waals surface area contributed by atoms with Gasteiger partial charge in [-0.3, -0.25) is 28.3 Å². The van der Waals surface area contributed by atoms with E-state index in [4.69, 9.17) is 48.4 Å². The first-order chi connectivity index (χ1) is 38.5. The number of benzene rings is 4. The molecule has 0 aliphatic heterocycles. The lowest BCUT2D eigenvalue weighted by molar-refractivity contribution is 0.0533. The molecule has 4 aromatic carbocycles. The summed E-state index contributed by atoms with van der Waals surface area (Å²) in [5.74, 6) is 2.38. The van der Waals surface area contributed by atoms with Crippen molar-refractivity contribution in [2.45, 2.75) is 131 Å². The van der Waals surface area contributed by atoms with Gasteiger partial charge >= 0.3 is 12.2 Å². The minimum absolute atomic E-state index is 0.250. The number of carbonyl (C=O) groups is 2. The van der Waals surface area contributed by atoms with Gasteiger partial charge in [0.2, 0.25) is 0 Å². The Balaban J connectivity index is 0.000000236. The van der Waals surface area contributed by atoms with Gasteiger partial charge in [0, 0.05) is 66.6 Å². The molecule has 0 saturated carbocycles. The molecule has 0 radical (unpaired) electrons. The zero-order valence-electron chi connectivity index (χ0n) is 50.9. The largest absolute Gasteiger partial charge is 0.496 e. The molecule has 0 N–H and O–H groups in total. The molecule has 0 fully saturated rings. The lowest BCUT2D eigenvalue weighted by atomic mass is 10.00. The predicted octanol–water partition coefficient (Wildman–Crippen LogP) is 13.5. The van der Waals surface area contributed by atoms with Crippen LogP contribution in [0.4, 0.5) is 9.59 Å². The molecule has 8 rings (SSSR count). The number of nitrogens with zero attached hydrogens (tertiary/aromatic N) is 10. The van der Waals surface area contributed by atoms with E-state index < -0.39 is 39.5 Å². The summed E-state index contributed by atoms with van der Waals surface area (Å²) >= 11 is 0. The van der Waals surface area contributed by atoms with Gasteiger partial charge in [-0.15, -0.1) is 0 Å². The first kappa shape index (κ1) is 61.7. The van der Waals surface area contributed by atoms with Gasteiger partial charge in [-0.05, 0) is 139 Å². The third-order valence-electron chi connectivity index (χ3n) is 13.4. The monoisotopic (exact) mass is 1150 g/mol. The normalized spacial score (nSPS) is 12.6. The number of imidazole rings is 2. The van der Waals surface area contributed by atoms with Crippen LogP contribution in [0.3, 0.4) is 0 Å². The summed E-state index contributed by atoms with van der Waals surface area (Å²) in [6.07, 6.45) is 2.50. The summed E-state index contributed by atoms with van der Waals surface area (Å²) in [6.45, 7) is 30.6. The summed E-state index contributed by atoms with van der Waals surface area (Å²) in [7, 11) is 4.09. The van der Waals surface area contributed by atoms with Gasteiger partial charge < -0.3 is 28.4 Å². The molecule has 0 aliphatic rings. The van der Waals surface area contributed by atoms with Crippen LogP contribution in [0.1, 0.15) is 86.6 Å². The van der Waals surface area contributed by atoms with Crippen molar-refractivity contribution in [3.63, 3.8) is 0 Å². The molecule has 8 aromatic rings. The summed E-state index contributed by atoms with van der Waals surface area (Å²) in [5.41, 5.74) is 8.47. The van der Waals surface area contributed by atoms with E-state index >= 15 is 0 Å². The van der Waals surface area contributed by atoms with Gasteiger partial charge in [-0.1, -0.05) is 39.3 Å². The van der Waals surface area contributed by atoms with Crippen LogP contribution in [-0.2, 0) is 32.4 Å². The fraction of sp³-hybridized carbons (Fsp3) is 0.419. The second-order valence-corrected chi connectivity index (χ2v) is 35.8. The topological polar surface area (TPSA) is 207 Å². The zero-order valence-corrected chi connectivity index (χ0v) is 52.9. The molecule has 0 spiro atoms. The number of aryl methyl sites for hydroxylation is 2. The SMILES string of the molecule is CN=C(c1c(OC)cc(C)c2c1ccn2C(=O)OC(C)(C)C)c1nc2cc(C#N)ccc2n1COCC[Si](C)(C)C.CN=C(c1c(OC)cc(C)c2c1ccn2C(=O)OC(C)(C)C)c1nc2ccc(C#N)cc2n1COCC[Si](C)(C)C. The molecule has 0 saturated heterocycles. The Kier molecular flexibility index (Phi) is 18.6. The minimum Gasteiger partial charge on any atom is -0.496 e. The Morgan fingerprint density at radius 3 is 1.40 bits per heavy atom. The fourth-order valence-corrected chi connectivity index (χ4v) is 11.0. The molecular formula is C62H78N10O8Si2. The maximum Gasteiger partial charge on any atom is 0.419 e. The fourth-order valence-electron chi connectivity index (χ4n) is 9.48. The average molecular weight is 1150 g/mol. The Hall–Kier alpha value is -7.89. The van der Waals surface area contributed by atoms with E-state index in [0.29, 0.717) is 86.6 Å². The summed E-state index contributed by atoms with van der Waals surface area (Å²) in [6, 6.07) is 24.9. The van der Waals surface area contributed by atoms with Crippen molar-refractivity contribution in [2.24, 2.45) is 9.98 Å². The Bertz CT molecular complexity index is 3720. The first-order valence-corrected chi connectivity index (χ1v) is 34.7. The predicted molar refractivity (Wildman–Crippen MR) is 330 cm³/mol. The van der Waals surface area contributed by atoms with Crippen molar-refractivity contribution in [1.29, 1.82) is 10.5 Å². The number of methoxy groups -OCH3 is 2. The van der Waals surface area contributed by atoms with Crippen molar-refractivity contribution in [3.8, 4) is 23.6 Å². The number of nitriles is 2. The summed E-state index contributed by atoms with van der Waals surface area (Å²) < 4.78 is 42.4. The van der Waals surface area contributed by atoms with Crippen LogP contribution in [0.5, 0.6) is 11.5 Å². The molecule has 0 amide bonds. The van der Waals surface area contributed by atoms with Crippen molar-refractivity contribution < 1.29 is 38.0 Å². The molecule has 0 unspecified atom stereocenters. The third-order valence-corrected chi connectivity index (χ3v) is 16.8. The Morgan fingerprint density at radius 2 is 1.00 bits per heavy atom. The highest BCUT2D eigenvalue weighted by molar-refractivity contribution is 6.76. The number of hydrogen-bond acceptors (Lipinski definition) is 14. The van der Waals surface area contributed by atoms with Gasteiger partial charge in [0.25, 0.3) is 0 Å². The molecule has 432 valence electrons. The van der Waals surface area contributed by atoms with Crippen LogP contribution in [-0.4, -0.2) is 121 Å². The number of hydrogen-bond donors (Lipinski definition) is 0. The molecule has 0 bridgehead atoms. The van der Waals surface area contributed by atoms with Crippen LogP contribution < -0.4 is 9.47 Å². The lowest BCUT2D eigenvalue weighted by Gasteiger charge is -2.21. The van der Waals surface area contributed by atoms with Crippen molar-refractivity contribution in [2.75, 3.05) is 41.5 Å². The maximum absolute atomic E-state index is 13.1. The van der Waals surface area contributed by atoms with Crippen molar-refractivity contribution in [3.05, 3.63) is 118 Å². The Labute approximate surface area is 482 Å². The standard InChI is InChI=1S/2C31H39N5O4Si/c1-20-16-25(38-6)26(22-12-13-35(28(20)22)30(37)40-31(2,3)4)27(33-5)29-34-23-17-21(18-32)10-11-24(23)36(29)19-39-14-15-41(7,8)9;1-20-16-25(38-6)26(22-12-13-35(28(20)22)30(37)40-31(2,3)4)27(33-5)29-34-23-11-10-21(18-32)17-24(23)36(29)19-39-14-15-41(7,8)9/h2*10-13,16-17H,14-15,19H2,1-9H3. The molecule has 0 atom stereocenters. The van der Waals surface area contributed by atoms with E-state index in [2.05, 4.69) is 51.4 Å². The molecule has 4 heterocycles. The highest BCUT2D eigenvalue weighted by atomic mass is 28.3. The van der Waals surface area contributed by atoms with Gasteiger partial charge in [-0.2, -0.15) is 10.5 Å². The lowest BCUT2D eigenvalue weighted by Crippen LogP contribution is -2.27. The van der Waals surface area contributed by atoms with Gasteiger partial charge in [-0.25, -0.2) is 19.6 Å². The molecule has 0 aliphatic carbocycles. The third kappa shape index (κ3) is 13.9. The molecule has 82 heavy (non-hydrogen) atoms. The number of rotatable bonds is 16. The van der Waals surface area contributed by atoms with Crippen LogP contribution in [0.25, 0.3) is 43.9 Å². The van der Waals surface area contributed by atoms with Crippen molar-refractivity contribution >= 4 is 83.6 Å². The van der Waals surface area contributed by atoms with E-state index in [1.807, 2.05) is 107 Å². The van der Waals surface area contributed by atoms with Crippen LogP contribution in [0, 0.1) is 36.5 Å². The minimum atomic E-state index is -1.29. The Morgan fingerprint density at radius 1 is 0.585 bits per heavy atom. The van der Waals surface area contributed by atoms with E-state index in [-0.39, 0.29) is 13.5 Å². The first-order valence-electron chi connectivity index (χ1n) is 27.3. The van der Waals surface area contributed by atoms with E-state index in [1.54, 1.807) is 58.9 Å². The number of fused-ring (bicyclic) bond motifs is 4. The van der Waals surface area contributed by atoms with Crippen LogP contribution in [0.15, 0.2) is 83.0 Å². The maximum atomic E-state index is 13.1. The molecular weight excluding hydrogens is 1070 g/mol. The van der Waals surface area contributed by atoms with Crippen molar-refractivity contribution in [1.82, 2.24) is 28.2 Å². The average Bonchev–Trinajstić information content (AvgIpc) is 4.20. The second kappa shape index (κ2) is 24.7. The second-order valence-electron chi connectivity index (χ2n) is 24.6. The number of carbonyl (C=O) groups excluding carboxylic acids is 2. The van der Waals surface area contributed by atoms with E-state index in [0.717, 1.165) is 50.5 Å². The number of aliphatic imine (C=N–C) groups is 2. The van der Waals surface area contributed by atoms with E-state index in [1.165, 1.54) is 9.13 Å². The van der Waals surface area contributed by atoms with Crippen LogP contribution >= 0.6 is 0 Å². The zero-order chi connectivity index (χ0) is 60.2. The van der Waals surface area contributed by atoms with Crippen LogP contribution in [0.2, 0.25) is 51.4 Å². The summed E-state index contributed by atoms with van der Waals surface area (Å²) in [4.78, 5) is 45.6. The number of ether oxygens (including phenoxy) is 6. The molecule has 20 heteroatoms.